The van der Waals surface area contributed by atoms with Crippen LogP contribution in [0.15, 0.2) is 23.0 Å². The van der Waals surface area contributed by atoms with Gasteiger partial charge < -0.3 is 15.3 Å². The average molecular weight is 338 g/mol. The first kappa shape index (κ1) is 15.8. The Morgan fingerprint density at radius 3 is 2.74 bits per heavy atom. The van der Waals surface area contributed by atoms with E-state index in [4.69, 9.17) is 0 Å². The monoisotopic (exact) mass is 338 g/mol. The lowest BCUT2D eigenvalue weighted by Gasteiger charge is -2.32. The molecule has 8 nitrogen and oxygen atoms in total. The Bertz CT molecular complexity index is 899. The lowest BCUT2D eigenvalue weighted by Crippen LogP contribution is -2.49. The van der Waals surface area contributed by atoms with Gasteiger partial charge in [-0.3, -0.25) is 4.79 Å². The van der Waals surface area contributed by atoms with E-state index in [1.54, 1.807) is 18.2 Å². The van der Waals surface area contributed by atoms with E-state index < -0.39 is 16.1 Å². The Hall–Kier alpha value is -2.13. The van der Waals surface area contributed by atoms with Crippen LogP contribution in [0.4, 0.5) is 5.69 Å². The summed E-state index contributed by atoms with van der Waals surface area (Å²) in [5.41, 5.74) is 1.41. The standard InChI is InChI=1S/C14H18N4O4S/c1-23(21,22)18-7-3-2-4-12(18)13(19)15-9-5-6-10-11(8-9)17-14(20)16-10/h5-6,8,12H,2-4,7H2,1H3,(H,15,19)(H2,16,17,20). The Kier molecular flexibility index (Phi) is 3.99. The molecule has 3 N–H and O–H groups in total. The van der Waals surface area contributed by atoms with Crippen LogP contribution in [0.5, 0.6) is 0 Å². The molecule has 3 rings (SSSR count). The van der Waals surface area contributed by atoms with Crippen molar-refractivity contribution in [2.45, 2.75) is 25.3 Å². The van der Waals surface area contributed by atoms with Crippen LogP contribution in [0.25, 0.3) is 11.0 Å². The van der Waals surface area contributed by atoms with Gasteiger partial charge in [0, 0.05) is 12.2 Å². The van der Waals surface area contributed by atoms with Crippen LogP contribution in [0.1, 0.15) is 19.3 Å². The first-order valence-corrected chi connectivity index (χ1v) is 9.19. The largest absolute Gasteiger partial charge is 0.325 e. The molecule has 0 spiro atoms. The molecule has 124 valence electrons. The van der Waals surface area contributed by atoms with Crippen molar-refractivity contribution >= 4 is 32.7 Å². The van der Waals surface area contributed by atoms with Crippen LogP contribution in [0.3, 0.4) is 0 Å². The van der Waals surface area contributed by atoms with E-state index in [1.807, 2.05) is 0 Å². The Labute approximate surface area is 132 Å². The van der Waals surface area contributed by atoms with Crippen LogP contribution >= 0.6 is 0 Å². The number of nitrogens with zero attached hydrogens (tertiary/aromatic N) is 1. The number of imidazole rings is 1. The van der Waals surface area contributed by atoms with Crippen LogP contribution < -0.4 is 11.0 Å². The number of H-pyrrole nitrogens is 2. The number of sulfonamides is 1. The molecule has 1 amide bonds. The Morgan fingerprint density at radius 2 is 2.00 bits per heavy atom. The second-order valence-electron chi connectivity index (χ2n) is 5.71. The van der Waals surface area contributed by atoms with Gasteiger partial charge in [0.25, 0.3) is 0 Å². The maximum atomic E-state index is 12.5. The first-order valence-electron chi connectivity index (χ1n) is 7.34. The van der Waals surface area contributed by atoms with Gasteiger partial charge in [0.2, 0.25) is 15.9 Å². The number of aromatic amines is 2. The summed E-state index contributed by atoms with van der Waals surface area (Å²) in [5.74, 6) is -0.354. The number of hydrogen-bond donors (Lipinski definition) is 3. The van der Waals surface area contributed by atoms with Crippen molar-refractivity contribution in [2.24, 2.45) is 0 Å². The maximum Gasteiger partial charge on any atom is 0.323 e. The Balaban J connectivity index is 1.82. The van der Waals surface area contributed by atoms with Gasteiger partial charge in [-0.05, 0) is 31.0 Å². The quantitative estimate of drug-likeness (QED) is 0.760. The molecule has 1 aromatic carbocycles. The van der Waals surface area contributed by atoms with E-state index in [-0.39, 0.29) is 11.6 Å². The zero-order valence-corrected chi connectivity index (χ0v) is 13.4. The highest BCUT2D eigenvalue weighted by Gasteiger charge is 2.34. The predicted octanol–water partition coefficient (Wildman–Crippen LogP) is 0.609. The zero-order chi connectivity index (χ0) is 16.6. The first-order chi connectivity index (χ1) is 10.8. The molecule has 1 unspecified atom stereocenters. The number of fused-ring (bicyclic) bond motifs is 1. The lowest BCUT2D eigenvalue weighted by atomic mass is 10.0. The van der Waals surface area contributed by atoms with Crippen molar-refractivity contribution in [3.63, 3.8) is 0 Å². The molecule has 1 aromatic heterocycles. The minimum absolute atomic E-state index is 0.320. The van der Waals surface area contributed by atoms with Gasteiger partial charge in [0.15, 0.2) is 0 Å². The van der Waals surface area contributed by atoms with Crippen LogP contribution in [0.2, 0.25) is 0 Å². The van der Waals surface area contributed by atoms with E-state index >= 15 is 0 Å². The molecule has 1 aliphatic rings. The fourth-order valence-corrected chi connectivity index (χ4v) is 4.02. The highest BCUT2D eigenvalue weighted by Crippen LogP contribution is 2.22. The van der Waals surface area contributed by atoms with Gasteiger partial charge in [-0.25, -0.2) is 13.2 Å². The highest BCUT2D eigenvalue weighted by atomic mass is 32.2. The topological polar surface area (TPSA) is 115 Å². The van der Waals surface area contributed by atoms with Crippen LogP contribution in [-0.4, -0.2) is 47.4 Å². The molecule has 0 radical (unpaired) electrons. The molecule has 0 aliphatic carbocycles. The summed E-state index contributed by atoms with van der Waals surface area (Å²) in [6.45, 7) is 0.362. The van der Waals surface area contributed by atoms with Gasteiger partial charge >= 0.3 is 5.69 Å². The van der Waals surface area contributed by atoms with Crippen LogP contribution in [0, 0.1) is 0 Å². The molecule has 23 heavy (non-hydrogen) atoms. The molecule has 1 saturated heterocycles. The van der Waals surface area contributed by atoms with Gasteiger partial charge in [-0.15, -0.1) is 0 Å². The number of rotatable bonds is 3. The van der Waals surface area contributed by atoms with Crippen molar-refractivity contribution < 1.29 is 13.2 Å². The minimum atomic E-state index is -3.42. The molecular formula is C14H18N4O4S. The number of piperidine rings is 1. The maximum absolute atomic E-state index is 12.5. The van der Waals surface area contributed by atoms with Gasteiger partial charge in [-0.2, -0.15) is 4.31 Å². The van der Waals surface area contributed by atoms with Crippen molar-refractivity contribution in [2.75, 3.05) is 18.1 Å². The molecule has 0 saturated carbocycles. The second kappa shape index (κ2) is 5.82. The summed E-state index contributed by atoms with van der Waals surface area (Å²) in [6.07, 6.45) is 3.19. The SMILES string of the molecule is CS(=O)(=O)N1CCCCC1C(=O)Nc1ccc2[nH]c(=O)[nH]c2c1. The zero-order valence-electron chi connectivity index (χ0n) is 12.6. The van der Waals surface area contributed by atoms with E-state index in [2.05, 4.69) is 15.3 Å². The number of amides is 1. The molecule has 1 aliphatic heterocycles. The molecule has 1 atom stereocenters. The number of hydrogen-bond acceptors (Lipinski definition) is 4. The summed E-state index contributed by atoms with van der Waals surface area (Å²) in [7, 11) is -3.42. The number of carbonyl (C=O) groups is 1. The average Bonchev–Trinajstić information content (AvgIpc) is 2.85. The fourth-order valence-electron chi connectivity index (χ4n) is 2.90. The number of anilines is 1. The summed E-state index contributed by atoms with van der Waals surface area (Å²) in [5, 5.41) is 2.73. The predicted molar refractivity (Wildman–Crippen MR) is 86.7 cm³/mol. The number of aromatic nitrogens is 2. The molecule has 0 bridgehead atoms. The third kappa shape index (κ3) is 3.30. The summed E-state index contributed by atoms with van der Waals surface area (Å²) in [4.78, 5) is 29.0. The van der Waals surface area contributed by atoms with Crippen molar-refractivity contribution in [3.05, 3.63) is 28.7 Å². The van der Waals surface area contributed by atoms with Crippen LogP contribution in [-0.2, 0) is 14.8 Å². The molecular weight excluding hydrogens is 320 g/mol. The summed E-state index contributed by atoms with van der Waals surface area (Å²) >= 11 is 0. The molecule has 2 aromatic rings. The minimum Gasteiger partial charge on any atom is -0.325 e. The van der Waals surface area contributed by atoms with E-state index in [0.29, 0.717) is 29.7 Å². The second-order valence-corrected chi connectivity index (χ2v) is 7.65. The number of carbonyl (C=O) groups excluding carboxylic acids is 1. The van der Waals surface area contributed by atoms with Crippen molar-refractivity contribution in [1.29, 1.82) is 0 Å². The van der Waals surface area contributed by atoms with Gasteiger partial charge in [-0.1, -0.05) is 6.42 Å². The lowest BCUT2D eigenvalue weighted by molar-refractivity contribution is -0.120. The third-order valence-corrected chi connectivity index (χ3v) is 5.25. The van der Waals surface area contributed by atoms with E-state index in [1.165, 1.54) is 4.31 Å². The highest BCUT2D eigenvalue weighted by molar-refractivity contribution is 7.88. The summed E-state index contributed by atoms with van der Waals surface area (Å²) < 4.78 is 24.9. The molecule has 9 heteroatoms. The molecule has 2 heterocycles. The third-order valence-electron chi connectivity index (χ3n) is 3.97. The number of nitrogens with one attached hydrogen (secondary N) is 3. The van der Waals surface area contributed by atoms with Gasteiger partial charge in [0.05, 0.1) is 17.3 Å². The number of benzene rings is 1. The van der Waals surface area contributed by atoms with Crippen molar-refractivity contribution in [1.82, 2.24) is 14.3 Å². The van der Waals surface area contributed by atoms with E-state index in [9.17, 15) is 18.0 Å². The normalized spacial score (nSPS) is 19.8. The van der Waals surface area contributed by atoms with E-state index in [0.717, 1.165) is 19.1 Å². The van der Waals surface area contributed by atoms with Crippen molar-refractivity contribution in [3.8, 4) is 0 Å². The smallest absolute Gasteiger partial charge is 0.323 e. The summed E-state index contributed by atoms with van der Waals surface area (Å²) in [6, 6.07) is 4.29. The fraction of sp³-hybridized carbons (Fsp3) is 0.429. The van der Waals surface area contributed by atoms with Gasteiger partial charge in [0.1, 0.15) is 6.04 Å². The Morgan fingerprint density at radius 1 is 1.26 bits per heavy atom. The molecule has 1 fully saturated rings.